The van der Waals surface area contributed by atoms with Crippen molar-refractivity contribution < 1.29 is 9.53 Å². The maximum absolute atomic E-state index is 11.7. The highest BCUT2D eigenvalue weighted by atomic mass is 16.5. The van der Waals surface area contributed by atoms with E-state index in [1.54, 1.807) is 18.3 Å². The number of carbonyl (C=O) groups excluding carboxylic acids is 1. The molecule has 0 saturated carbocycles. The Balaban J connectivity index is 1.76. The highest BCUT2D eigenvalue weighted by molar-refractivity contribution is 5.89. The number of esters is 1. The lowest BCUT2D eigenvalue weighted by Crippen LogP contribution is -2.06. The van der Waals surface area contributed by atoms with Gasteiger partial charge in [-0.2, -0.15) is 0 Å². The number of aliphatic imine (C=N–C) groups is 1. The average Bonchev–Trinajstić information content (AvgIpc) is 2.56. The number of hydrogen-bond acceptors (Lipinski definition) is 3. The summed E-state index contributed by atoms with van der Waals surface area (Å²) in [6.07, 6.45) is 4.60. The number of ether oxygens (including phenoxy) is 1. The highest BCUT2D eigenvalue weighted by Gasteiger charge is 2.04. The van der Waals surface area contributed by atoms with Crippen molar-refractivity contribution in [2.45, 2.75) is 26.2 Å². The molecule has 2 aromatic rings. The molecule has 0 spiro atoms. The van der Waals surface area contributed by atoms with Crippen LogP contribution in [0.1, 0.15) is 35.7 Å². The lowest BCUT2D eigenvalue weighted by Gasteiger charge is -2.02. The number of hydrogen-bond donors (Lipinski definition) is 0. The molecule has 0 fully saturated rings. The molecular formula is C19H21NO2. The van der Waals surface area contributed by atoms with E-state index in [1.807, 2.05) is 30.3 Å². The van der Waals surface area contributed by atoms with Crippen LogP contribution in [-0.4, -0.2) is 18.8 Å². The number of benzene rings is 2. The first-order chi connectivity index (χ1) is 10.8. The van der Waals surface area contributed by atoms with E-state index in [0.29, 0.717) is 18.6 Å². The minimum Gasteiger partial charge on any atom is -0.462 e. The topological polar surface area (TPSA) is 38.7 Å². The Morgan fingerprint density at radius 3 is 2.73 bits per heavy atom. The zero-order chi connectivity index (χ0) is 15.6. The van der Waals surface area contributed by atoms with Crippen molar-refractivity contribution in [2.24, 2.45) is 4.99 Å². The summed E-state index contributed by atoms with van der Waals surface area (Å²) < 4.78 is 5.20. The highest BCUT2D eigenvalue weighted by Crippen LogP contribution is 2.15. The number of rotatable bonds is 7. The van der Waals surface area contributed by atoms with Crippen LogP contribution in [0.3, 0.4) is 0 Å². The minimum absolute atomic E-state index is 0.293. The van der Waals surface area contributed by atoms with Crippen LogP contribution in [0.2, 0.25) is 0 Å². The number of nitrogens with zero attached hydrogens (tertiary/aromatic N) is 1. The summed E-state index contributed by atoms with van der Waals surface area (Å²) in [5.74, 6) is -0.293. The summed E-state index contributed by atoms with van der Waals surface area (Å²) in [4.78, 5) is 16.1. The third-order valence-corrected chi connectivity index (χ3v) is 3.18. The molecule has 0 amide bonds. The fourth-order valence-corrected chi connectivity index (χ4v) is 2.11. The van der Waals surface area contributed by atoms with Crippen LogP contribution in [-0.2, 0) is 11.2 Å². The molecule has 22 heavy (non-hydrogen) atoms. The molecule has 2 rings (SSSR count). The molecule has 0 aliphatic rings. The van der Waals surface area contributed by atoms with E-state index in [0.717, 1.165) is 18.5 Å². The summed E-state index contributed by atoms with van der Waals surface area (Å²) in [5.41, 5.74) is 2.82. The van der Waals surface area contributed by atoms with Gasteiger partial charge in [0.1, 0.15) is 0 Å². The standard InChI is InChI=1S/C19H21NO2/c1-2-8-16-9-6-12-18(15-16)20-13-7-14-22-19(21)17-10-4-3-5-11-17/h3-6,9-13,15H,2,7-8,14H2,1H3. The van der Waals surface area contributed by atoms with Crippen LogP contribution in [0, 0.1) is 0 Å². The summed E-state index contributed by atoms with van der Waals surface area (Å²) in [7, 11) is 0. The van der Waals surface area contributed by atoms with Crippen molar-refractivity contribution in [1.82, 2.24) is 0 Å². The molecular weight excluding hydrogens is 274 g/mol. The molecule has 0 bridgehead atoms. The molecule has 0 aliphatic carbocycles. The largest absolute Gasteiger partial charge is 0.462 e. The van der Waals surface area contributed by atoms with Gasteiger partial charge in [0, 0.05) is 12.6 Å². The van der Waals surface area contributed by atoms with E-state index in [-0.39, 0.29) is 5.97 Å². The second-order valence-corrected chi connectivity index (χ2v) is 5.02. The lowest BCUT2D eigenvalue weighted by atomic mass is 10.1. The Hall–Kier alpha value is -2.42. The third kappa shape index (κ3) is 5.17. The molecule has 0 N–H and O–H groups in total. The molecule has 2 aromatic carbocycles. The Kier molecular flexibility index (Phi) is 6.37. The quantitative estimate of drug-likeness (QED) is 0.426. The van der Waals surface area contributed by atoms with E-state index in [2.05, 4.69) is 24.0 Å². The van der Waals surface area contributed by atoms with Crippen LogP contribution in [0.25, 0.3) is 0 Å². The normalized spacial score (nSPS) is 10.8. The predicted molar refractivity (Wildman–Crippen MR) is 89.9 cm³/mol. The van der Waals surface area contributed by atoms with E-state index >= 15 is 0 Å². The second-order valence-electron chi connectivity index (χ2n) is 5.02. The van der Waals surface area contributed by atoms with Gasteiger partial charge in [-0.15, -0.1) is 0 Å². The van der Waals surface area contributed by atoms with Gasteiger partial charge >= 0.3 is 5.97 Å². The zero-order valence-corrected chi connectivity index (χ0v) is 12.9. The van der Waals surface area contributed by atoms with Crippen LogP contribution >= 0.6 is 0 Å². The van der Waals surface area contributed by atoms with Crippen molar-refractivity contribution in [1.29, 1.82) is 0 Å². The van der Waals surface area contributed by atoms with Crippen LogP contribution in [0.15, 0.2) is 59.6 Å². The molecule has 0 radical (unpaired) electrons. The summed E-state index contributed by atoms with van der Waals surface area (Å²) in [5, 5.41) is 0. The maximum atomic E-state index is 11.7. The fraction of sp³-hybridized carbons (Fsp3) is 0.263. The van der Waals surface area contributed by atoms with E-state index in [1.165, 1.54) is 5.56 Å². The molecule has 3 nitrogen and oxygen atoms in total. The van der Waals surface area contributed by atoms with Gasteiger partial charge in [-0.05, 0) is 36.2 Å². The van der Waals surface area contributed by atoms with Crippen molar-refractivity contribution >= 4 is 17.9 Å². The average molecular weight is 295 g/mol. The fourth-order valence-electron chi connectivity index (χ4n) is 2.11. The smallest absolute Gasteiger partial charge is 0.338 e. The first kappa shape index (κ1) is 16.0. The lowest BCUT2D eigenvalue weighted by molar-refractivity contribution is 0.0516. The van der Waals surface area contributed by atoms with E-state index in [4.69, 9.17) is 4.74 Å². The van der Waals surface area contributed by atoms with Gasteiger partial charge in [-0.25, -0.2) is 4.79 Å². The first-order valence-electron chi connectivity index (χ1n) is 7.63. The van der Waals surface area contributed by atoms with Crippen molar-refractivity contribution in [2.75, 3.05) is 6.61 Å². The van der Waals surface area contributed by atoms with Crippen LogP contribution in [0.4, 0.5) is 5.69 Å². The molecule has 0 heterocycles. The molecule has 0 unspecified atom stereocenters. The SMILES string of the molecule is CCCc1cccc(N=CCCOC(=O)c2ccccc2)c1. The van der Waals surface area contributed by atoms with E-state index < -0.39 is 0 Å². The summed E-state index contributed by atoms with van der Waals surface area (Å²) >= 11 is 0. The van der Waals surface area contributed by atoms with Gasteiger partial charge in [0.15, 0.2) is 0 Å². The monoisotopic (exact) mass is 295 g/mol. The van der Waals surface area contributed by atoms with Crippen molar-refractivity contribution in [3.63, 3.8) is 0 Å². The Morgan fingerprint density at radius 2 is 1.95 bits per heavy atom. The Bertz CT molecular complexity index is 620. The number of carbonyl (C=O) groups is 1. The Morgan fingerprint density at radius 1 is 1.14 bits per heavy atom. The molecule has 0 aromatic heterocycles. The first-order valence-corrected chi connectivity index (χ1v) is 7.63. The van der Waals surface area contributed by atoms with Gasteiger partial charge in [-0.1, -0.05) is 43.7 Å². The van der Waals surface area contributed by atoms with Crippen molar-refractivity contribution in [3.8, 4) is 0 Å². The van der Waals surface area contributed by atoms with Crippen molar-refractivity contribution in [3.05, 3.63) is 65.7 Å². The molecule has 0 saturated heterocycles. The molecule has 3 heteroatoms. The number of aryl methyl sites for hydroxylation is 1. The minimum atomic E-state index is -0.293. The van der Waals surface area contributed by atoms with Gasteiger partial charge < -0.3 is 4.74 Å². The van der Waals surface area contributed by atoms with Gasteiger partial charge in [0.05, 0.1) is 17.9 Å². The zero-order valence-electron chi connectivity index (χ0n) is 12.9. The Labute approximate surface area is 131 Å². The molecule has 114 valence electrons. The van der Waals surface area contributed by atoms with E-state index in [9.17, 15) is 4.79 Å². The van der Waals surface area contributed by atoms with Crippen LogP contribution < -0.4 is 0 Å². The maximum Gasteiger partial charge on any atom is 0.338 e. The van der Waals surface area contributed by atoms with Gasteiger partial charge in [0.25, 0.3) is 0 Å². The van der Waals surface area contributed by atoms with Gasteiger partial charge in [0.2, 0.25) is 0 Å². The summed E-state index contributed by atoms with van der Waals surface area (Å²) in [6.45, 7) is 2.50. The van der Waals surface area contributed by atoms with Gasteiger partial charge in [-0.3, -0.25) is 4.99 Å². The van der Waals surface area contributed by atoms with Crippen LogP contribution in [0.5, 0.6) is 0 Å². The second kappa shape index (κ2) is 8.78. The summed E-state index contributed by atoms with van der Waals surface area (Å²) in [6, 6.07) is 17.2. The predicted octanol–water partition coefficient (Wildman–Crippen LogP) is 4.59. The molecule has 0 aliphatic heterocycles. The molecule has 0 atom stereocenters. The third-order valence-electron chi connectivity index (χ3n) is 3.18.